The second kappa shape index (κ2) is 15.3. The van der Waals surface area contributed by atoms with Crippen LogP contribution in [-0.2, 0) is 0 Å². The van der Waals surface area contributed by atoms with Crippen molar-refractivity contribution < 1.29 is 0 Å². The van der Waals surface area contributed by atoms with Gasteiger partial charge in [-0.3, -0.25) is 16.3 Å². The largest absolute Gasteiger partial charge is 0.254 e. The second-order valence-corrected chi connectivity index (χ2v) is 18.8. The first kappa shape index (κ1) is 38.2. The molecule has 0 bridgehead atoms. The maximum Gasteiger partial charge on any atom is 0.0304 e. The van der Waals surface area contributed by atoms with Crippen molar-refractivity contribution in [2.45, 2.75) is 232 Å². The van der Waals surface area contributed by atoms with Crippen molar-refractivity contribution in [1.29, 1.82) is 0 Å². The van der Waals surface area contributed by atoms with Crippen molar-refractivity contribution in [3.05, 3.63) is 0 Å². The Morgan fingerprint density at radius 1 is 0.409 bits per heavy atom. The summed E-state index contributed by atoms with van der Waals surface area (Å²) in [5, 5.41) is 7.82. The predicted octanol–water partition coefficient (Wildman–Crippen LogP) is 9.12. The van der Waals surface area contributed by atoms with E-state index in [0.29, 0.717) is 6.04 Å². The van der Waals surface area contributed by atoms with E-state index in [2.05, 4.69) is 114 Å². The Morgan fingerprint density at radius 2 is 0.705 bits per heavy atom. The molecule has 3 rings (SSSR count). The fourth-order valence-electron chi connectivity index (χ4n) is 9.42. The van der Waals surface area contributed by atoms with Crippen molar-refractivity contribution in [2.75, 3.05) is 13.1 Å². The average Bonchev–Trinajstić information content (AvgIpc) is 2.86. The van der Waals surface area contributed by atoms with Crippen LogP contribution in [-0.4, -0.2) is 67.4 Å². The van der Waals surface area contributed by atoms with Gasteiger partial charge in [-0.25, -0.2) is 15.0 Å². The summed E-state index contributed by atoms with van der Waals surface area (Å²) < 4.78 is 0. The maximum absolute atomic E-state index is 4.15. The van der Waals surface area contributed by atoms with Crippen molar-refractivity contribution in [3.63, 3.8) is 0 Å². The quantitative estimate of drug-likeness (QED) is 0.150. The first-order valence-corrected chi connectivity index (χ1v) is 18.9. The minimum atomic E-state index is 0.204. The highest BCUT2D eigenvalue weighted by Gasteiger charge is 2.43. The molecule has 0 unspecified atom stereocenters. The molecule has 260 valence electrons. The van der Waals surface area contributed by atoms with Crippen molar-refractivity contribution in [3.8, 4) is 0 Å². The minimum absolute atomic E-state index is 0.204. The number of piperidine rings is 3. The van der Waals surface area contributed by atoms with Gasteiger partial charge in [-0.2, -0.15) is 0 Å². The van der Waals surface area contributed by atoms with Gasteiger partial charge in [-0.15, -0.1) is 0 Å². The van der Waals surface area contributed by atoms with Crippen LogP contribution in [0.3, 0.4) is 0 Å². The van der Waals surface area contributed by atoms with Crippen LogP contribution in [0.15, 0.2) is 0 Å². The summed E-state index contributed by atoms with van der Waals surface area (Å²) in [7, 11) is 0. The van der Waals surface area contributed by atoms with Crippen LogP contribution in [0.4, 0.5) is 0 Å². The van der Waals surface area contributed by atoms with Crippen molar-refractivity contribution in [2.24, 2.45) is 0 Å². The molecule has 3 fully saturated rings. The maximum atomic E-state index is 4.15. The van der Waals surface area contributed by atoms with Crippen LogP contribution in [0.25, 0.3) is 0 Å². The molecule has 0 aliphatic carbocycles. The lowest BCUT2D eigenvalue weighted by atomic mass is 9.81. The van der Waals surface area contributed by atoms with E-state index in [-0.39, 0.29) is 33.2 Å². The summed E-state index contributed by atoms with van der Waals surface area (Å²) >= 11 is 0. The number of nitrogens with one attached hydrogen (secondary N) is 3. The summed E-state index contributed by atoms with van der Waals surface area (Å²) in [6, 6.07) is 0.562. The lowest BCUT2D eigenvalue weighted by molar-refractivity contribution is -0.0825. The van der Waals surface area contributed by atoms with Gasteiger partial charge >= 0.3 is 0 Å². The van der Waals surface area contributed by atoms with Gasteiger partial charge in [0.25, 0.3) is 0 Å². The molecule has 0 spiro atoms. The fraction of sp³-hybridized carbons (Fsp3) is 1.00. The van der Waals surface area contributed by atoms with Crippen molar-refractivity contribution >= 4 is 0 Å². The molecular formula is C38H78N6. The van der Waals surface area contributed by atoms with Gasteiger partial charge in [0, 0.05) is 52.4 Å². The highest BCUT2D eigenvalue weighted by molar-refractivity contribution is 4.97. The third-order valence-corrected chi connectivity index (χ3v) is 11.7. The molecule has 0 aromatic heterocycles. The molecule has 6 nitrogen and oxygen atoms in total. The minimum Gasteiger partial charge on any atom is -0.254 e. The number of nitrogens with zero attached hydrogens (tertiary/aromatic N) is 3. The Morgan fingerprint density at radius 3 is 1.02 bits per heavy atom. The molecule has 3 heterocycles. The summed E-state index contributed by atoms with van der Waals surface area (Å²) in [6.07, 6.45) is 22.0. The van der Waals surface area contributed by atoms with Crippen LogP contribution < -0.4 is 16.3 Å². The van der Waals surface area contributed by atoms with Crippen LogP contribution in [0, 0.1) is 0 Å². The topological polar surface area (TPSA) is 45.8 Å². The zero-order chi connectivity index (χ0) is 32.9. The van der Waals surface area contributed by atoms with E-state index in [0.717, 1.165) is 13.1 Å². The van der Waals surface area contributed by atoms with Gasteiger partial charge in [-0.1, -0.05) is 25.7 Å². The lowest BCUT2D eigenvalue weighted by Crippen LogP contribution is -2.66. The van der Waals surface area contributed by atoms with E-state index in [4.69, 9.17) is 0 Å². The van der Waals surface area contributed by atoms with Crippen LogP contribution in [0.5, 0.6) is 0 Å². The number of hydrogen-bond donors (Lipinski definition) is 3. The van der Waals surface area contributed by atoms with Crippen LogP contribution >= 0.6 is 0 Å². The smallest absolute Gasteiger partial charge is 0.0304 e. The molecule has 3 aliphatic rings. The van der Waals surface area contributed by atoms with Crippen LogP contribution in [0.2, 0.25) is 0 Å². The highest BCUT2D eigenvalue weighted by atomic mass is 15.6. The Bertz CT molecular complexity index is 761. The highest BCUT2D eigenvalue weighted by Crippen LogP contribution is 2.39. The zero-order valence-electron chi connectivity index (χ0n) is 31.9. The SMILES string of the molecule is CC1(C)CCCC(C)(C)N1NCCCCCC(CCCCCNN1C(C)(C)CCCC1(C)C)NN1C(C)(C)CCCC1(C)C. The standard InChI is InChI=1S/C38H78N6/c1-33(2)24-19-25-34(3,4)42(33)39-30-17-13-15-22-32(41-44-37(9,10)28-21-29-38(44,11)12)23-16-14-18-31-40-43-35(5,6)26-20-27-36(43,7)8/h32,39-41H,13-31H2,1-12H3. The van der Waals surface area contributed by atoms with E-state index in [1.807, 2.05) is 0 Å². The Balaban J connectivity index is 1.47. The molecule has 0 radical (unpaired) electrons. The van der Waals surface area contributed by atoms with Gasteiger partial charge in [0.05, 0.1) is 0 Å². The Hall–Kier alpha value is -0.240. The Labute approximate surface area is 275 Å². The molecule has 0 aromatic rings. The number of hydrogen-bond acceptors (Lipinski definition) is 6. The van der Waals surface area contributed by atoms with Gasteiger partial charge in [0.15, 0.2) is 0 Å². The summed E-state index contributed by atoms with van der Waals surface area (Å²) in [6.45, 7) is 31.2. The second-order valence-electron chi connectivity index (χ2n) is 18.8. The molecule has 0 amide bonds. The van der Waals surface area contributed by atoms with Crippen molar-refractivity contribution in [1.82, 2.24) is 31.3 Å². The third kappa shape index (κ3) is 10.4. The van der Waals surface area contributed by atoms with E-state index in [1.165, 1.54) is 109 Å². The molecular weight excluding hydrogens is 540 g/mol. The van der Waals surface area contributed by atoms with E-state index < -0.39 is 0 Å². The molecule has 6 heteroatoms. The Kier molecular flexibility index (Phi) is 13.3. The molecule has 0 aromatic carbocycles. The van der Waals surface area contributed by atoms with Gasteiger partial charge in [-0.05, 0) is 167 Å². The predicted molar refractivity (Wildman–Crippen MR) is 191 cm³/mol. The fourth-order valence-corrected chi connectivity index (χ4v) is 9.42. The molecule has 3 N–H and O–H groups in total. The number of unbranched alkanes of at least 4 members (excludes halogenated alkanes) is 4. The number of hydrazine groups is 3. The van der Waals surface area contributed by atoms with Crippen LogP contribution in [0.1, 0.15) is 192 Å². The van der Waals surface area contributed by atoms with Gasteiger partial charge < -0.3 is 0 Å². The van der Waals surface area contributed by atoms with E-state index >= 15 is 0 Å². The first-order chi connectivity index (χ1) is 20.3. The number of rotatable bonds is 16. The third-order valence-electron chi connectivity index (χ3n) is 11.7. The van der Waals surface area contributed by atoms with E-state index in [9.17, 15) is 0 Å². The summed E-state index contributed by atoms with van der Waals surface area (Å²) in [4.78, 5) is 0. The van der Waals surface area contributed by atoms with E-state index in [1.54, 1.807) is 0 Å². The molecule has 0 atom stereocenters. The normalized spacial score (nSPS) is 26.7. The van der Waals surface area contributed by atoms with Gasteiger partial charge in [0.2, 0.25) is 0 Å². The first-order valence-electron chi connectivity index (χ1n) is 18.9. The lowest BCUT2D eigenvalue weighted by Gasteiger charge is -2.54. The monoisotopic (exact) mass is 619 g/mol. The molecule has 3 aliphatic heterocycles. The summed E-state index contributed by atoms with van der Waals surface area (Å²) in [5.74, 6) is 0. The summed E-state index contributed by atoms with van der Waals surface area (Å²) in [5.41, 5.74) is 13.2. The van der Waals surface area contributed by atoms with Gasteiger partial charge in [0.1, 0.15) is 0 Å². The molecule has 3 saturated heterocycles. The molecule has 44 heavy (non-hydrogen) atoms. The average molecular weight is 619 g/mol. The molecule has 0 saturated carbocycles. The zero-order valence-corrected chi connectivity index (χ0v) is 31.9.